The van der Waals surface area contributed by atoms with Gasteiger partial charge in [0.15, 0.2) is 0 Å². The molecule has 0 heterocycles. The van der Waals surface area contributed by atoms with E-state index in [1.165, 1.54) is 0 Å². The molecule has 1 rings (SSSR count). The number of para-hydroxylation sites is 1. The number of hydrogen-bond donors (Lipinski definition) is 6. The van der Waals surface area contributed by atoms with Gasteiger partial charge in [-0.25, -0.2) is 0 Å². The number of rotatable bonds is 7. The molecule has 6 N–H and O–H groups in total. The van der Waals surface area contributed by atoms with Gasteiger partial charge in [0.2, 0.25) is 0 Å². The molecule has 0 amide bonds. The molecule has 0 saturated heterocycles. The van der Waals surface area contributed by atoms with E-state index in [4.69, 9.17) is 10.2 Å². The van der Waals surface area contributed by atoms with Crippen molar-refractivity contribution >= 4 is 11.9 Å². The van der Waals surface area contributed by atoms with Gasteiger partial charge in [-0.05, 0) is 12.1 Å². The first-order valence-electron chi connectivity index (χ1n) is 5.73. The summed E-state index contributed by atoms with van der Waals surface area (Å²) in [6, 6.07) is 8.93. The molecular weight excluding hydrogens is 252 g/mol. The highest BCUT2D eigenvalue weighted by molar-refractivity contribution is 5.65. The summed E-state index contributed by atoms with van der Waals surface area (Å²) in [5.41, 5.74) is 3.31. The van der Waals surface area contributed by atoms with E-state index in [0.717, 1.165) is 6.21 Å². The van der Waals surface area contributed by atoms with Gasteiger partial charge >= 0.3 is 0 Å². The molecule has 0 aliphatic heterocycles. The van der Waals surface area contributed by atoms with Crippen LogP contribution in [0.5, 0.6) is 0 Å². The van der Waals surface area contributed by atoms with E-state index in [9.17, 15) is 15.3 Å². The highest BCUT2D eigenvalue weighted by atomic mass is 16.4. The minimum atomic E-state index is -1.66. The Bertz CT molecular complexity index is 387. The molecule has 0 aromatic heterocycles. The summed E-state index contributed by atoms with van der Waals surface area (Å²) >= 11 is 0. The Morgan fingerprint density at radius 1 is 1.05 bits per heavy atom. The number of nitrogens with zero attached hydrogens (tertiary/aromatic N) is 1. The first-order valence-corrected chi connectivity index (χ1v) is 5.73. The molecular formula is C12H18N2O5. The molecule has 0 aliphatic rings. The van der Waals surface area contributed by atoms with Crippen LogP contribution in [0.25, 0.3) is 0 Å². The Hall–Kier alpha value is -1.51. The van der Waals surface area contributed by atoms with E-state index >= 15 is 0 Å². The van der Waals surface area contributed by atoms with Crippen LogP contribution in [-0.2, 0) is 0 Å². The lowest BCUT2D eigenvalue weighted by Gasteiger charge is -2.23. The Labute approximate surface area is 110 Å². The fourth-order valence-electron chi connectivity index (χ4n) is 1.33. The van der Waals surface area contributed by atoms with Crippen LogP contribution in [-0.4, -0.2) is 62.8 Å². The Kier molecular flexibility index (Phi) is 6.40. The fraction of sp³-hybridized carbons (Fsp3) is 0.417. The maximum absolute atomic E-state index is 9.52. The molecule has 1 aromatic carbocycles. The van der Waals surface area contributed by atoms with Crippen LogP contribution in [0.4, 0.5) is 5.69 Å². The van der Waals surface area contributed by atoms with Gasteiger partial charge < -0.3 is 25.5 Å². The summed E-state index contributed by atoms with van der Waals surface area (Å²) in [4.78, 5) is 0. The largest absolute Gasteiger partial charge is 0.394 e. The molecule has 0 bridgehead atoms. The number of hydrogen-bond acceptors (Lipinski definition) is 7. The van der Waals surface area contributed by atoms with E-state index in [2.05, 4.69) is 10.5 Å². The van der Waals surface area contributed by atoms with Crippen LogP contribution in [0.15, 0.2) is 35.4 Å². The third kappa shape index (κ3) is 4.93. The van der Waals surface area contributed by atoms with Crippen LogP contribution in [0.3, 0.4) is 0 Å². The van der Waals surface area contributed by atoms with Crippen molar-refractivity contribution in [2.24, 2.45) is 5.10 Å². The van der Waals surface area contributed by atoms with Gasteiger partial charge in [0.25, 0.3) is 0 Å². The van der Waals surface area contributed by atoms with Crippen molar-refractivity contribution in [3.8, 4) is 0 Å². The molecule has 106 valence electrons. The molecule has 0 unspecified atom stereocenters. The normalized spacial score (nSPS) is 17.9. The lowest BCUT2D eigenvalue weighted by molar-refractivity contribution is -0.0999. The average molecular weight is 270 g/mol. The highest BCUT2D eigenvalue weighted by Gasteiger charge is 2.29. The summed E-state index contributed by atoms with van der Waals surface area (Å²) in [5, 5.41) is 49.8. The minimum absolute atomic E-state index is 0.691. The highest BCUT2D eigenvalue weighted by Crippen LogP contribution is 2.06. The van der Waals surface area contributed by atoms with Crippen molar-refractivity contribution in [2.75, 3.05) is 12.0 Å². The summed E-state index contributed by atoms with van der Waals surface area (Å²) in [5.74, 6) is 0. The summed E-state index contributed by atoms with van der Waals surface area (Å²) < 4.78 is 0. The maximum atomic E-state index is 9.52. The molecule has 0 aliphatic carbocycles. The average Bonchev–Trinajstić information content (AvgIpc) is 2.45. The Balaban J connectivity index is 2.47. The van der Waals surface area contributed by atoms with Gasteiger partial charge in [-0.15, -0.1) is 0 Å². The van der Waals surface area contributed by atoms with E-state index in [-0.39, 0.29) is 0 Å². The SMILES string of the molecule is OC[C@H](O)[C@H](O)[C@H](O)[C@H](O)/C=N\Nc1ccccc1. The second kappa shape index (κ2) is 7.82. The van der Waals surface area contributed by atoms with Crippen molar-refractivity contribution < 1.29 is 25.5 Å². The second-order valence-corrected chi connectivity index (χ2v) is 3.98. The molecule has 4 atom stereocenters. The Morgan fingerprint density at radius 3 is 2.26 bits per heavy atom. The monoisotopic (exact) mass is 270 g/mol. The predicted molar refractivity (Wildman–Crippen MR) is 69.7 cm³/mol. The van der Waals surface area contributed by atoms with E-state index in [1.54, 1.807) is 24.3 Å². The predicted octanol–water partition coefficient (Wildman–Crippen LogP) is -1.48. The smallest absolute Gasteiger partial charge is 0.119 e. The van der Waals surface area contributed by atoms with Crippen molar-refractivity contribution in [1.82, 2.24) is 0 Å². The van der Waals surface area contributed by atoms with Crippen molar-refractivity contribution in [1.29, 1.82) is 0 Å². The zero-order chi connectivity index (χ0) is 14.3. The standard InChI is InChI=1S/C12H18N2O5/c15-7-10(17)12(19)11(18)9(16)6-13-14-8-4-2-1-3-5-8/h1-6,9-12,14-19H,7H2/b13-6-/t9-,10+,11-,12+/m1/s1. The quantitative estimate of drug-likeness (QED) is 0.265. The van der Waals surface area contributed by atoms with Crippen LogP contribution < -0.4 is 5.43 Å². The minimum Gasteiger partial charge on any atom is -0.394 e. The van der Waals surface area contributed by atoms with Gasteiger partial charge in [-0.2, -0.15) is 5.10 Å². The molecule has 0 saturated carbocycles. The number of aliphatic hydroxyl groups excluding tert-OH is 5. The molecule has 1 aromatic rings. The molecule has 0 fully saturated rings. The van der Waals surface area contributed by atoms with Crippen LogP contribution in [0, 0.1) is 0 Å². The summed E-state index contributed by atoms with van der Waals surface area (Å²) in [7, 11) is 0. The van der Waals surface area contributed by atoms with Gasteiger partial charge in [0.1, 0.15) is 24.4 Å². The molecule has 7 nitrogen and oxygen atoms in total. The van der Waals surface area contributed by atoms with Gasteiger partial charge in [0, 0.05) is 0 Å². The van der Waals surface area contributed by atoms with E-state index in [0.29, 0.717) is 5.69 Å². The summed E-state index contributed by atoms with van der Waals surface area (Å²) in [6.45, 7) is -0.718. The molecule has 7 heteroatoms. The van der Waals surface area contributed by atoms with Crippen LogP contribution in [0.2, 0.25) is 0 Å². The third-order valence-electron chi connectivity index (χ3n) is 2.48. The van der Waals surface area contributed by atoms with Gasteiger partial charge in [-0.1, -0.05) is 18.2 Å². The first-order chi connectivity index (χ1) is 9.06. The molecule has 19 heavy (non-hydrogen) atoms. The van der Waals surface area contributed by atoms with E-state index in [1.807, 2.05) is 6.07 Å². The zero-order valence-electron chi connectivity index (χ0n) is 10.2. The first kappa shape index (κ1) is 15.5. The zero-order valence-corrected chi connectivity index (χ0v) is 10.2. The maximum Gasteiger partial charge on any atom is 0.119 e. The number of benzene rings is 1. The van der Waals surface area contributed by atoms with Gasteiger partial charge in [0.05, 0.1) is 18.5 Å². The fourth-order valence-corrected chi connectivity index (χ4v) is 1.33. The molecule has 0 radical (unpaired) electrons. The second-order valence-electron chi connectivity index (χ2n) is 3.98. The van der Waals surface area contributed by atoms with Crippen LogP contribution >= 0.6 is 0 Å². The van der Waals surface area contributed by atoms with Crippen LogP contribution in [0.1, 0.15) is 0 Å². The Morgan fingerprint density at radius 2 is 1.68 bits per heavy atom. The topological polar surface area (TPSA) is 126 Å². The third-order valence-corrected chi connectivity index (χ3v) is 2.48. The lowest BCUT2D eigenvalue weighted by Crippen LogP contribution is -2.46. The lowest BCUT2D eigenvalue weighted by atomic mass is 10.0. The number of anilines is 1. The number of nitrogens with one attached hydrogen (secondary N) is 1. The molecule has 0 spiro atoms. The van der Waals surface area contributed by atoms with Crippen molar-refractivity contribution in [3.63, 3.8) is 0 Å². The summed E-state index contributed by atoms with van der Waals surface area (Å²) in [6.07, 6.45) is -5.33. The van der Waals surface area contributed by atoms with Crippen molar-refractivity contribution in [3.05, 3.63) is 30.3 Å². The number of aliphatic hydroxyl groups is 5. The van der Waals surface area contributed by atoms with Gasteiger partial charge in [-0.3, -0.25) is 5.43 Å². The number of hydrazone groups is 1. The van der Waals surface area contributed by atoms with Crippen molar-refractivity contribution in [2.45, 2.75) is 24.4 Å². The van der Waals surface area contributed by atoms with E-state index < -0.39 is 31.0 Å².